The summed E-state index contributed by atoms with van der Waals surface area (Å²) in [5.41, 5.74) is 1.90. The first-order valence-corrected chi connectivity index (χ1v) is 11.6. The number of hydrogen-bond donors (Lipinski definition) is 2. The Hall–Kier alpha value is -3.76. The first kappa shape index (κ1) is 23.4. The Bertz CT molecular complexity index is 1240. The van der Waals surface area contributed by atoms with E-state index in [1.165, 1.54) is 28.7 Å². The molecule has 2 aromatic carbocycles. The summed E-state index contributed by atoms with van der Waals surface area (Å²) < 4.78 is 7.16. The number of carbonyl (C=O) groups excluding carboxylic acids is 2. The van der Waals surface area contributed by atoms with Gasteiger partial charge in [-0.2, -0.15) is 5.10 Å². The van der Waals surface area contributed by atoms with Gasteiger partial charge in [0.2, 0.25) is 11.8 Å². The van der Waals surface area contributed by atoms with E-state index >= 15 is 0 Å². The van der Waals surface area contributed by atoms with Crippen LogP contribution in [0.15, 0.2) is 66.6 Å². The molecule has 2 N–H and O–H groups in total. The van der Waals surface area contributed by atoms with Crippen molar-refractivity contribution in [1.29, 1.82) is 0 Å². The minimum Gasteiger partial charge on any atom is -0.486 e. The summed E-state index contributed by atoms with van der Waals surface area (Å²) in [5.74, 6) is 0.292. The molecule has 1 atom stereocenters. The molecule has 0 saturated heterocycles. The predicted molar refractivity (Wildman–Crippen MR) is 130 cm³/mol. The van der Waals surface area contributed by atoms with Crippen molar-refractivity contribution in [3.63, 3.8) is 0 Å². The van der Waals surface area contributed by atoms with Gasteiger partial charge in [0.25, 0.3) is 0 Å². The highest BCUT2D eigenvalue weighted by atomic mass is 35.5. The van der Waals surface area contributed by atoms with Gasteiger partial charge in [0.05, 0.1) is 12.1 Å². The van der Waals surface area contributed by atoms with Gasteiger partial charge in [0.15, 0.2) is 0 Å². The second kappa shape index (κ2) is 10.9. The number of halogens is 1. The van der Waals surface area contributed by atoms with Crippen LogP contribution in [0.25, 0.3) is 0 Å². The fourth-order valence-corrected chi connectivity index (χ4v) is 3.79. The highest BCUT2D eigenvalue weighted by Gasteiger charge is 2.15. The lowest BCUT2D eigenvalue weighted by Gasteiger charge is -2.12. The maximum Gasteiger partial charge on any atom is 0.249 e. The lowest BCUT2D eigenvalue weighted by Crippen LogP contribution is -2.24. The van der Waals surface area contributed by atoms with E-state index in [1.807, 2.05) is 5.38 Å². The quantitative estimate of drug-likeness (QED) is 0.356. The molecule has 9 nitrogen and oxygen atoms in total. The molecule has 4 rings (SSSR count). The van der Waals surface area contributed by atoms with Crippen molar-refractivity contribution in [1.82, 2.24) is 19.7 Å². The molecule has 174 valence electrons. The minimum atomic E-state index is -0.499. The van der Waals surface area contributed by atoms with E-state index in [9.17, 15) is 9.59 Å². The van der Waals surface area contributed by atoms with Gasteiger partial charge in [-0.3, -0.25) is 9.59 Å². The van der Waals surface area contributed by atoms with E-state index in [1.54, 1.807) is 55.5 Å². The number of amides is 2. The second-order valence-electron chi connectivity index (χ2n) is 7.32. The monoisotopic (exact) mass is 496 g/mol. The average molecular weight is 497 g/mol. The number of anilines is 2. The Morgan fingerprint density at radius 1 is 1.09 bits per heavy atom. The molecule has 1 unspecified atom stereocenters. The normalized spacial score (nSPS) is 11.6. The summed E-state index contributed by atoms with van der Waals surface area (Å²) in [5, 5.41) is 12.9. The standard InChI is InChI=1S/C23H21ClN6O3S/c1-15(30-14-25-13-26-30)23(32)29-18-6-4-17(5-7-18)27-21(31)10-19-12-34-22(28-19)11-33-20-8-2-16(24)3-9-20/h2-9,12-15H,10-11H2,1H3,(H,27,31)(H,29,32). The summed E-state index contributed by atoms with van der Waals surface area (Å²) in [4.78, 5) is 33.0. The molecule has 34 heavy (non-hydrogen) atoms. The van der Waals surface area contributed by atoms with Crippen molar-refractivity contribution >= 4 is 46.1 Å². The van der Waals surface area contributed by atoms with Gasteiger partial charge < -0.3 is 15.4 Å². The first-order valence-electron chi connectivity index (χ1n) is 10.3. The van der Waals surface area contributed by atoms with Crippen LogP contribution in [0.4, 0.5) is 11.4 Å². The first-order chi connectivity index (χ1) is 16.5. The van der Waals surface area contributed by atoms with Crippen LogP contribution in [-0.2, 0) is 22.6 Å². The zero-order valence-electron chi connectivity index (χ0n) is 18.1. The van der Waals surface area contributed by atoms with Crippen molar-refractivity contribution in [3.8, 4) is 5.75 Å². The number of nitrogens with one attached hydrogen (secondary N) is 2. The molecule has 0 aliphatic carbocycles. The third-order valence-electron chi connectivity index (χ3n) is 4.77. The van der Waals surface area contributed by atoms with Gasteiger partial charge in [-0.15, -0.1) is 11.3 Å². The van der Waals surface area contributed by atoms with Crippen molar-refractivity contribution < 1.29 is 14.3 Å². The average Bonchev–Trinajstić information content (AvgIpc) is 3.52. The summed E-state index contributed by atoms with van der Waals surface area (Å²) in [6.45, 7) is 2.04. The maximum atomic E-state index is 12.4. The van der Waals surface area contributed by atoms with Crippen molar-refractivity contribution in [3.05, 3.63) is 82.3 Å². The third-order valence-corrected chi connectivity index (χ3v) is 5.89. The number of nitrogens with zero attached hydrogens (tertiary/aromatic N) is 4. The summed E-state index contributed by atoms with van der Waals surface area (Å²) in [6, 6.07) is 13.5. The Kier molecular flexibility index (Phi) is 7.51. The zero-order valence-corrected chi connectivity index (χ0v) is 19.7. The fraction of sp³-hybridized carbons (Fsp3) is 0.174. The molecule has 2 aromatic heterocycles. The van der Waals surface area contributed by atoms with Gasteiger partial charge in [0, 0.05) is 21.8 Å². The van der Waals surface area contributed by atoms with Gasteiger partial charge in [-0.25, -0.2) is 14.6 Å². The number of ether oxygens (including phenoxy) is 1. The van der Waals surface area contributed by atoms with Crippen molar-refractivity contribution in [2.24, 2.45) is 0 Å². The number of thiazole rings is 1. The van der Waals surface area contributed by atoms with Gasteiger partial charge in [-0.05, 0) is 55.5 Å². The molecule has 2 amide bonds. The van der Waals surface area contributed by atoms with Crippen LogP contribution in [0.2, 0.25) is 5.02 Å². The lowest BCUT2D eigenvalue weighted by atomic mass is 10.2. The molecular formula is C23H21ClN6O3S. The number of rotatable bonds is 9. The Labute approximate surface area is 204 Å². The predicted octanol–water partition coefficient (Wildman–Crippen LogP) is 4.35. The summed E-state index contributed by atoms with van der Waals surface area (Å²) >= 11 is 7.31. The molecule has 0 fully saturated rings. The third kappa shape index (κ3) is 6.40. The smallest absolute Gasteiger partial charge is 0.249 e. The molecule has 2 heterocycles. The van der Waals surface area contributed by atoms with E-state index in [0.29, 0.717) is 34.4 Å². The van der Waals surface area contributed by atoms with Crippen LogP contribution >= 0.6 is 22.9 Å². The van der Waals surface area contributed by atoms with Crippen LogP contribution in [0.3, 0.4) is 0 Å². The van der Waals surface area contributed by atoms with E-state index in [0.717, 1.165) is 5.01 Å². The fourth-order valence-electron chi connectivity index (χ4n) is 2.96. The van der Waals surface area contributed by atoms with Crippen LogP contribution in [0, 0.1) is 0 Å². The van der Waals surface area contributed by atoms with Crippen LogP contribution < -0.4 is 15.4 Å². The number of carbonyl (C=O) groups is 2. The molecule has 0 spiro atoms. The molecule has 0 radical (unpaired) electrons. The van der Waals surface area contributed by atoms with E-state index < -0.39 is 6.04 Å². The minimum absolute atomic E-state index is 0.144. The zero-order chi connectivity index (χ0) is 23.9. The van der Waals surface area contributed by atoms with Crippen LogP contribution in [-0.4, -0.2) is 31.6 Å². The summed E-state index contributed by atoms with van der Waals surface area (Å²) in [6.07, 6.45) is 3.01. The number of aromatic nitrogens is 4. The molecule has 0 bridgehead atoms. The van der Waals surface area contributed by atoms with Crippen LogP contribution in [0.1, 0.15) is 23.7 Å². The molecular weight excluding hydrogens is 476 g/mol. The van der Waals surface area contributed by atoms with Crippen molar-refractivity contribution in [2.75, 3.05) is 10.6 Å². The Morgan fingerprint density at radius 2 is 1.79 bits per heavy atom. The molecule has 0 saturated carbocycles. The highest BCUT2D eigenvalue weighted by Crippen LogP contribution is 2.19. The van der Waals surface area contributed by atoms with E-state index in [4.69, 9.17) is 16.3 Å². The Balaban J connectivity index is 1.24. The van der Waals surface area contributed by atoms with Gasteiger partial charge in [-0.1, -0.05) is 11.6 Å². The van der Waals surface area contributed by atoms with E-state index in [-0.39, 0.29) is 18.2 Å². The summed E-state index contributed by atoms with van der Waals surface area (Å²) in [7, 11) is 0. The van der Waals surface area contributed by atoms with Gasteiger partial charge in [0.1, 0.15) is 36.1 Å². The highest BCUT2D eigenvalue weighted by molar-refractivity contribution is 7.09. The second-order valence-corrected chi connectivity index (χ2v) is 8.70. The SMILES string of the molecule is CC(C(=O)Nc1ccc(NC(=O)Cc2csc(COc3ccc(Cl)cc3)n2)cc1)n1cncn1. The number of hydrogen-bond acceptors (Lipinski definition) is 7. The van der Waals surface area contributed by atoms with Crippen molar-refractivity contribution in [2.45, 2.75) is 26.0 Å². The molecule has 0 aliphatic rings. The van der Waals surface area contributed by atoms with Crippen LogP contribution in [0.5, 0.6) is 5.75 Å². The molecule has 0 aliphatic heterocycles. The number of benzene rings is 2. The van der Waals surface area contributed by atoms with Gasteiger partial charge >= 0.3 is 0 Å². The molecule has 11 heteroatoms. The Morgan fingerprint density at radius 3 is 2.47 bits per heavy atom. The molecule has 4 aromatic rings. The lowest BCUT2D eigenvalue weighted by molar-refractivity contribution is -0.119. The topological polar surface area (TPSA) is 111 Å². The van der Waals surface area contributed by atoms with E-state index in [2.05, 4.69) is 25.7 Å². The maximum absolute atomic E-state index is 12.4. The largest absolute Gasteiger partial charge is 0.486 e.